The molecule has 0 saturated heterocycles. The molecule has 3 rings (SSSR count). The number of benzene rings is 1. The molecule has 2 heterocycles. The third-order valence-corrected chi connectivity index (χ3v) is 2.52. The molecule has 0 aliphatic heterocycles. The average Bonchev–Trinajstić information content (AvgIpc) is 2.75. The summed E-state index contributed by atoms with van der Waals surface area (Å²) in [6.07, 6.45) is 2.08. The summed E-state index contributed by atoms with van der Waals surface area (Å²) in [6, 6.07) is 8.13. The van der Waals surface area contributed by atoms with Crippen LogP contribution in [-0.4, -0.2) is 21.4 Å². The molecular formula is C11H12N4. The molecule has 0 saturated carbocycles. The summed E-state index contributed by atoms with van der Waals surface area (Å²) < 4.78 is 2.09. The quantitative estimate of drug-likeness (QED) is 0.659. The van der Waals surface area contributed by atoms with Crippen molar-refractivity contribution in [2.75, 3.05) is 7.05 Å². The number of H-pyrrole nitrogens is 1. The molecular weight excluding hydrogens is 188 g/mol. The second-order valence-corrected chi connectivity index (χ2v) is 3.60. The molecule has 0 fully saturated rings. The van der Waals surface area contributed by atoms with Gasteiger partial charge in [-0.2, -0.15) is 0 Å². The second kappa shape index (κ2) is 3.10. The van der Waals surface area contributed by atoms with Gasteiger partial charge >= 0.3 is 0 Å². The van der Waals surface area contributed by atoms with Crippen molar-refractivity contribution >= 4 is 16.8 Å². The SMILES string of the molecule is CNCc1cn2c(nc3ccccc32)[nH]1. The van der Waals surface area contributed by atoms with Gasteiger partial charge in [0.25, 0.3) is 0 Å². The summed E-state index contributed by atoms with van der Waals surface area (Å²) in [5, 5.41) is 3.11. The van der Waals surface area contributed by atoms with E-state index >= 15 is 0 Å². The first-order valence-corrected chi connectivity index (χ1v) is 4.98. The van der Waals surface area contributed by atoms with Crippen molar-refractivity contribution in [1.82, 2.24) is 19.7 Å². The molecule has 0 radical (unpaired) electrons. The van der Waals surface area contributed by atoms with Gasteiger partial charge in [0.05, 0.1) is 11.0 Å². The third-order valence-electron chi connectivity index (χ3n) is 2.52. The maximum atomic E-state index is 4.50. The molecule has 0 bridgehead atoms. The van der Waals surface area contributed by atoms with Crippen LogP contribution in [0.1, 0.15) is 5.69 Å². The lowest BCUT2D eigenvalue weighted by Crippen LogP contribution is -2.04. The molecule has 0 unspecified atom stereocenters. The van der Waals surface area contributed by atoms with Crippen LogP contribution in [0.3, 0.4) is 0 Å². The van der Waals surface area contributed by atoms with Gasteiger partial charge in [-0.3, -0.25) is 4.40 Å². The molecule has 4 heteroatoms. The van der Waals surface area contributed by atoms with Crippen molar-refractivity contribution in [3.05, 3.63) is 36.2 Å². The number of imidazole rings is 2. The Morgan fingerprint density at radius 1 is 1.40 bits per heavy atom. The van der Waals surface area contributed by atoms with E-state index in [0.29, 0.717) is 0 Å². The summed E-state index contributed by atoms with van der Waals surface area (Å²) in [4.78, 5) is 7.77. The average molecular weight is 200 g/mol. The first kappa shape index (κ1) is 8.49. The van der Waals surface area contributed by atoms with Gasteiger partial charge in [0.15, 0.2) is 0 Å². The predicted molar refractivity (Wildman–Crippen MR) is 59.8 cm³/mol. The van der Waals surface area contributed by atoms with Crippen LogP contribution >= 0.6 is 0 Å². The Morgan fingerprint density at radius 2 is 2.27 bits per heavy atom. The molecule has 1 aromatic carbocycles. The Labute approximate surface area is 86.9 Å². The zero-order chi connectivity index (χ0) is 10.3. The molecule has 0 atom stereocenters. The van der Waals surface area contributed by atoms with Gasteiger partial charge in [-0.15, -0.1) is 0 Å². The lowest BCUT2D eigenvalue weighted by atomic mass is 10.3. The van der Waals surface area contributed by atoms with E-state index in [1.807, 2.05) is 25.2 Å². The number of hydrogen-bond acceptors (Lipinski definition) is 2. The van der Waals surface area contributed by atoms with E-state index in [0.717, 1.165) is 29.0 Å². The first-order chi connectivity index (χ1) is 7.38. The van der Waals surface area contributed by atoms with E-state index < -0.39 is 0 Å². The van der Waals surface area contributed by atoms with E-state index in [2.05, 4.69) is 31.9 Å². The van der Waals surface area contributed by atoms with Crippen molar-refractivity contribution in [1.29, 1.82) is 0 Å². The molecule has 3 aromatic rings. The normalized spacial score (nSPS) is 11.5. The van der Waals surface area contributed by atoms with E-state index in [9.17, 15) is 0 Å². The number of para-hydroxylation sites is 2. The molecule has 76 valence electrons. The highest BCUT2D eigenvalue weighted by Crippen LogP contribution is 2.16. The van der Waals surface area contributed by atoms with E-state index in [4.69, 9.17) is 0 Å². The first-order valence-electron chi connectivity index (χ1n) is 4.98. The number of aromatic nitrogens is 3. The van der Waals surface area contributed by atoms with Crippen molar-refractivity contribution < 1.29 is 0 Å². The van der Waals surface area contributed by atoms with Gasteiger partial charge in [-0.05, 0) is 19.2 Å². The van der Waals surface area contributed by atoms with Crippen LogP contribution in [0.15, 0.2) is 30.5 Å². The van der Waals surface area contributed by atoms with Gasteiger partial charge < -0.3 is 10.3 Å². The van der Waals surface area contributed by atoms with Crippen LogP contribution in [0.2, 0.25) is 0 Å². The lowest BCUT2D eigenvalue weighted by Gasteiger charge is -1.92. The van der Waals surface area contributed by atoms with Crippen LogP contribution in [0.5, 0.6) is 0 Å². The van der Waals surface area contributed by atoms with E-state index in [1.165, 1.54) is 0 Å². The molecule has 0 amide bonds. The maximum Gasteiger partial charge on any atom is 0.212 e. The fourth-order valence-electron chi connectivity index (χ4n) is 1.88. The number of nitrogens with zero attached hydrogens (tertiary/aromatic N) is 2. The Kier molecular flexibility index (Phi) is 1.76. The molecule has 0 aliphatic carbocycles. The highest BCUT2D eigenvalue weighted by atomic mass is 15.1. The molecule has 15 heavy (non-hydrogen) atoms. The number of rotatable bonds is 2. The monoisotopic (exact) mass is 200 g/mol. The van der Waals surface area contributed by atoms with Crippen molar-refractivity contribution in [3.63, 3.8) is 0 Å². The number of hydrogen-bond donors (Lipinski definition) is 2. The Bertz CT molecular complexity index is 605. The van der Waals surface area contributed by atoms with Gasteiger partial charge in [0.1, 0.15) is 0 Å². The van der Waals surface area contributed by atoms with Gasteiger partial charge in [-0.1, -0.05) is 12.1 Å². The minimum absolute atomic E-state index is 0.831. The number of fused-ring (bicyclic) bond motifs is 3. The smallest absolute Gasteiger partial charge is 0.212 e. The van der Waals surface area contributed by atoms with Gasteiger partial charge in [0.2, 0.25) is 5.78 Å². The molecule has 4 nitrogen and oxygen atoms in total. The predicted octanol–water partition coefficient (Wildman–Crippen LogP) is 1.54. The molecule has 2 aromatic heterocycles. The van der Waals surface area contributed by atoms with Crippen molar-refractivity contribution in [3.8, 4) is 0 Å². The van der Waals surface area contributed by atoms with Crippen LogP contribution in [0.4, 0.5) is 0 Å². The van der Waals surface area contributed by atoms with E-state index in [-0.39, 0.29) is 0 Å². The molecule has 2 N–H and O–H groups in total. The van der Waals surface area contributed by atoms with Crippen molar-refractivity contribution in [2.24, 2.45) is 0 Å². The molecule has 0 spiro atoms. The summed E-state index contributed by atoms with van der Waals surface area (Å²) in [7, 11) is 1.93. The Balaban J connectivity index is 2.28. The van der Waals surface area contributed by atoms with Crippen LogP contribution in [-0.2, 0) is 6.54 Å². The number of nitrogens with one attached hydrogen (secondary N) is 2. The zero-order valence-corrected chi connectivity index (χ0v) is 8.49. The highest BCUT2D eigenvalue weighted by Gasteiger charge is 2.06. The summed E-state index contributed by atoms with van der Waals surface area (Å²) in [6.45, 7) is 0.831. The second-order valence-electron chi connectivity index (χ2n) is 3.60. The highest BCUT2D eigenvalue weighted by molar-refractivity contribution is 5.79. The fraction of sp³-hybridized carbons (Fsp3) is 0.182. The zero-order valence-electron chi connectivity index (χ0n) is 8.49. The Hall–Kier alpha value is -1.81. The van der Waals surface area contributed by atoms with E-state index in [1.54, 1.807) is 0 Å². The topological polar surface area (TPSA) is 45.1 Å². The van der Waals surface area contributed by atoms with Gasteiger partial charge in [0, 0.05) is 18.4 Å². The lowest BCUT2D eigenvalue weighted by molar-refractivity contribution is 0.797. The standard InChI is InChI=1S/C11H12N4/c1-12-6-8-7-15-10-5-3-2-4-9(10)14-11(15)13-8/h2-5,7,12H,6H2,1H3,(H,13,14). The maximum absolute atomic E-state index is 4.50. The minimum Gasteiger partial charge on any atom is -0.326 e. The Morgan fingerprint density at radius 3 is 3.13 bits per heavy atom. The van der Waals surface area contributed by atoms with Gasteiger partial charge in [-0.25, -0.2) is 4.98 Å². The largest absolute Gasteiger partial charge is 0.326 e. The van der Waals surface area contributed by atoms with Crippen LogP contribution in [0.25, 0.3) is 16.8 Å². The summed E-state index contributed by atoms with van der Waals surface area (Å²) in [5.41, 5.74) is 3.32. The summed E-state index contributed by atoms with van der Waals surface area (Å²) >= 11 is 0. The molecule has 0 aliphatic rings. The summed E-state index contributed by atoms with van der Waals surface area (Å²) in [5.74, 6) is 0.904. The number of aromatic amines is 1. The van der Waals surface area contributed by atoms with Crippen LogP contribution in [0, 0.1) is 0 Å². The fourth-order valence-corrected chi connectivity index (χ4v) is 1.88. The third kappa shape index (κ3) is 1.22. The minimum atomic E-state index is 0.831. The van der Waals surface area contributed by atoms with Crippen molar-refractivity contribution in [2.45, 2.75) is 6.54 Å². The van der Waals surface area contributed by atoms with Crippen LogP contribution < -0.4 is 5.32 Å².